The molecule has 2 aromatic rings. The molecule has 0 amide bonds. The van der Waals surface area contributed by atoms with Gasteiger partial charge in [0.2, 0.25) is 0 Å². The molecule has 4 heteroatoms. The highest BCUT2D eigenvalue weighted by atomic mass is 32.2. The molecule has 0 aliphatic carbocycles. The molecule has 0 aromatic heterocycles. The van der Waals surface area contributed by atoms with Crippen molar-refractivity contribution < 1.29 is 13.2 Å². The summed E-state index contributed by atoms with van der Waals surface area (Å²) in [7, 11) is -1.73. The summed E-state index contributed by atoms with van der Waals surface area (Å²) >= 11 is 0. The quantitative estimate of drug-likeness (QED) is 0.825. The van der Waals surface area contributed by atoms with Crippen LogP contribution in [0, 0.1) is 20.8 Å². The fourth-order valence-corrected chi connectivity index (χ4v) is 3.72. The number of aryl methyl sites for hydroxylation is 3. The minimum Gasteiger partial charge on any atom is -0.497 e. The van der Waals surface area contributed by atoms with Crippen LogP contribution in [0.15, 0.2) is 41.8 Å². The third-order valence-corrected chi connectivity index (χ3v) is 4.99. The van der Waals surface area contributed by atoms with Crippen molar-refractivity contribution in [3.63, 3.8) is 0 Å². The second-order valence-electron chi connectivity index (χ2n) is 5.77. The zero-order chi connectivity index (χ0) is 17.0. The van der Waals surface area contributed by atoms with Crippen LogP contribution < -0.4 is 4.74 Å². The summed E-state index contributed by atoms with van der Waals surface area (Å²) in [5, 5.41) is 1.31. The van der Waals surface area contributed by atoms with Crippen molar-refractivity contribution in [1.82, 2.24) is 0 Å². The third kappa shape index (κ3) is 4.70. The number of hydrogen-bond donors (Lipinski definition) is 0. The minimum absolute atomic E-state index is 0.0164. The molecule has 0 saturated carbocycles. The number of sulfone groups is 1. The van der Waals surface area contributed by atoms with Crippen LogP contribution in [0.5, 0.6) is 5.75 Å². The molecule has 0 heterocycles. The maximum Gasteiger partial charge on any atom is 0.175 e. The second kappa shape index (κ2) is 7.01. The van der Waals surface area contributed by atoms with Gasteiger partial charge in [-0.3, -0.25) is 0 Å². The summed E-state index contributed by atoms with van der Waals surface area (Å²) in [6.45, 7) is 6.03. The van der Waals surface area contributed by atoms with E-state index >= 15 is 0 Å². The number of methoxy groups -OCH3 is 1. The lowest BCUT2D eigenvalue weighted by atomic mass is 10.0. The van der Waals surface area contributed by atoms with Crippen LogP contribution >= 0.6 is 0 Å². The Morgan fingerprint density at radius 2 is 1.57 bits per heavy atom. The van der Waals surface area contributed by atoms with Gasteiger partial charge in [-0.15, -0.1) is 0 Å². The molecule has 0 N–H and O–H groups in total. The smallest absolute Gasteiger partial charge is 0.175 e. The van der Waals surface area contributed by atoms with Gasteiger partial charge in [0, 0.05) is 5.41 Å². The van der Waals surface area contributed by atoms with Crippen molar-refractivity contribution in [3.8, 4) is 5.75 Å². The monoisotopic (exact) mass is 330 g/mol. The van der Waals surface area contributed by atoms with Gasteiger partial charge in [-0.2, -0.15) is 0 Å². The Balaban J connectivity index is 2.20. The first-order valence-electron chi connectivity index (χ1n) is 7.42. The van der Waals surface area contributed by atoms with E-state index in [0.717, 1.165) is 22.3 Å². The summed E-state index contributed by atoms with van der Waals surface area (Å²) in [6.07, 6.45) is 1.70. The van der Waals surface area contributed by atoms with E-state index in [1.54, 1.807) is 37.5 Å². The molecular weight excluding hydrogens is 308 g/mol. The number of hydrogen-bond acceptors (Lipinski definition) is 3. The van der Waals surface area contributed by atoms with Crippen LogP contribution in [-0.4, -0.2) is 15.5 Å². The molecule has 3 nitrogen and oxygen atoms in total. The highest BCUT2D eigenvalue weighted by Gasteiger charge is 2.09. The van der Waals surface area contributed by atoms with E-state index in [1.807, 2.05) is 20.8 Å². The van der Waals surface area contributed by atoms with E-state index < -0.39 is 9.84 Å². The Labute approximate surface area is 138 Å². The van der Waals surface area contributed by atoms with E-state index in [2.05, 4.69) is 12.1 Å². The molecule has 0 saturated heterocycles. The van der Waals surface area contributed by atoms with Crippen LogP contribution in [0.4, 0.5) is 0 Å². The zero-order valence-electron chi connectivity index (χ0n) is 14.0. The molecule has 23 heavy (non-hydrogen) atoms. The molecule has 2 rings (SSSR count). The van der Waals surface area contributed by atoms with Crippen molar-refractivity contribution in [1.29, 1.82) is 0 Å². The Hall–Kier alpha value is -2.07. The predicted octanol–water partition coefficient (Wildman–Crippen LogP) is 4.21. The van der Waals surface area contributed by atoms with Crippen molar-refractivity contribution in [2.75, 3.05) is 7.11 Å². The Kier molecular flexibility index (Phi) is 5.26. The lowest BCUT2D eigenvalue weighted by Gasteiger charge is -2.07. The first-order chi connectivity index (χ1) is 10.8. The number of ether oxygens (including phenoxy) is 1. The standard InChI is InChI=1S/C19H22O3S/c1-14-11-15(2)19(16(3)12-14)9-10-23(20,21)13-17-5-7-18(22-4)8-6-17/h5-12H,13H2,1-4H3. The molecule has 0 atom stereocenters. The van der Waals surface area contributed by atoms with Gasteiger partial charge in [0.25, 0.3) is 0 Å². The summed E-state index contributed by atoms with van der Waals surface area (Å²) in [6, 6.07) is 11.2. The second-order valence-corrected chi connectivity index (χ2v) is 7.66. The molecular formula is C19H22O3S. The van der Waals surface area contributed by atoms with Crippen LogP contribution in [0.1, 0.15) is 27.8 Å². The third-order valence-electron chi connectivity index (χ3n) is 3.71. The van der Waals surface area contributed by atoms with Crippen molar-refractivity contribution in [2.45, 2.75) is 26.5 Å². The summed E-state index contributed by atoms with van der Waals surface area (Å²) in [4.78, 5) is 0. The first kappa shape index (κ1) is 17.3. The van der Waals surface area contributed by atoms with Gasteiger partial charge in [0.15, 0.2) is 9.84 Å². The fourth-order valence-electron chi connectivity index (χ4n) is 2.63. The van der Waals surface area contributed by atoms with Gasteiger partial charge >= 0.3 is 0 Å². The van der Waals surface area contributed by atoms with E-state index in [9.17, 15) is 8.42 Å². The molecule has 0 fully saturated rings. The van der Waals surface area contributed by atoms with Crippen LogP contribution in [0.3, 0.4) is 0 Å². The van der Waals surface area contributed by atoms with Gasteiger partial charge in [0.05, 0.1) is 12.9 Å². The van der Waals surface area contributed by atoms with Crippen LogP contribution in [0.2, 0.25) is 0 Å². The maximum absolute atomic E-state index is 12.3. The molecule has 0 spiro atoms. The zero-order valence-corrected chi connectivity index (χ0v) is 14.8. The van der Waals surface area contributed by atoms with Gasteiger partial charge < -0.3 is 4.74 Å². The fraction of sp³-hybridized carbons (Fsp3) is 0.263. The number of rotatable bonds is 5. The van der Waals surface area contributed by atoms with E-state index in [4.69, 9.17) is 4.74 Å². The Morgan fingerprint density at radius 3 is 2.09 bits per heavy atom. The molecule has 0 bridgehead atoms. The highest BCUT2D eigenvalue weighted by Crippen LogP contribution is 2.19. The van der Waals surface area contributed by atoms with Crippen molar-refractivity contribution >= 4 is 15.9 Å². The lowest BCUT2D eigenvalue weighted by molar-refractivity contribution is 0.414. The molecule has 0 aliphatic heterocycles. The van der Waals surface area contributed by atoms with E-state index in [0.29, 0.717) is 5.75 Å². The van der Waals surface area contributed by atoms with Gasteiger partial charge in [-0.1, -0.05) is 29.8 Å². The van der Waals surface area contributed by atoms with Crippen LogP contribution in [0.25, 0.3) is 6.08 Å². The molecule has 122 valence electrons. The lowest BCUT2D eigenvalue weighted by Crippen LogP contribution is -2.00. The molecule has 0 aliphatic rings. The summed E-state index contributed by atoms with van der Waals surface area (Å²) in [5.41, 5.74) is 5.05. The normalized spacial score (nSPS) is 11.8. The van der Waals surface area contributed by atoms with Crippen molar-refractivity contribution in [2.24, 2.45) is 0 Å². The first-order valence-corrected chi connectivity index (χ1v) is 9.14. The molecule has 0 radical (unpaired) electrons. The number of benzene rings is 2. The van der Waals surface area contributed by atoms with Gasteiger partial charge in [-0.05, 0) is 61.2 Å². The van der Waals surface area contributed by atoms with Crippen LogP contribution in [-0.2, 0) is 15.6 Å². The maximum atomic E-state index is 12.3. The van der Waals surface area contributed by atoms with Gasteiger partial charge in [-0.25, -0.2) is 8.42 Å². The SMILES string of the molecule is COc1ccc(CS(=O)(=O)C=Cc2c(C)cc(C)cc2C)cc1. The predicted molar refractivity (Wildman–Crippen MR) is 95.3 cm³/mol. The topological polar surface area (TPSA) is 43.4 Å². The average molecular weight is 330 g/mol. The minimum atomic E-state index is -3.32. The van der Waals surface area contributed by atoms with Crippen molar-refractivity contribution in [3.05, 3.63) is 69.6 Å². The van der Waals surface area contributed by atoms with Gasteiger partial charge in [0.1, 0.15) is 5.75 Å². The summed E-state index contributed by atoms with van der Waals surface area (Å²) < 4.78 is 29.7. The Morgan fingerprint density at radius 1 is 1.00 bits per heavy atom. The van der Waals surface area contributed by atoms with E-state index in [1.165, 1.54) is 11.0 Å². The molecule has 2 aromatic carbocycles. The van der Waals surface area contributed by atoms with E-state index in [-0.39, 0.29) is 5.75 Å². The highest BCUT2D eigenvalue weighted by molar-refractivity contribution is 7.93. The largest absolute Gasteiger partial charge is 0.497 e. The molecule has 0 unspecified atom stereocenters. The Bertz CT molecular complexity index is 793. The summed E-state index contributed by atoms with van der Waals surface area (Å²) in [5.74, 6) is 0.699. The average Bonchev–Trinajstić information content (AvgIpc) is 2.46.